The molecular formula is C13H6F2O. The monoisotopic (exact) mass is 216 g/mol. The van der Waals surface area contributed by atoms with E-state index >= 15 is 0 Å². The van der Waals surface area contributed by atoms with Crippen LogP contribution in [0.15, 0.2) is 36.4 Å². The first-order valence-corrected chi connectivity index (χ1v) is 4.82. The molecule has 0 aromatic heterocycles. The van der Waals surface area contributed by atoms with Gasteiger partial charge in [-0.05, 0) is 17.7 Å². The molecule has 0 unspecified atom stereocenters. The van der Waals surface area contributed by atoms with Crippen LogP contribution in [0.25, 0.3) is 11.1 Å². The predicted molar refractivity (Wildman–Crippen MR) is 55.2 cm³/mol. The largest absolute Gasteiger partial charge is 0.288 e. The standard InChI is InChI=1S/C13H6F2O/c14-9-5-6-10(15)12-11(9)7-3-1-2-4-8(7)13(12)16/h1-6H. The van der Waals surface area contributed by atoms with E-state index < -0.39 is 17.4 Å². The van der Waals surface area contributed by atoms with Crippen LogP contribution in [-0.2, 0) is 0 Å². The summed E-state index contributed by atoms with van der Waals surface area (Å²) in [5.41, 5.74) is 0.766. The molecule has 0 amide bonds. The highest BCUT2D eigenvalue weighted by atomic mass is 19.1. The van der Waals surface area contributed by atoms with Crippen molar-refractivity contribution in [3.63, 3.8) is 0 Å². The van der Waals surface area contributed by atoms with Crippen LogP contribution in [0, 0.1) is 11.6 Å². The van der Waals surface area contributed by atoms with Gasteiger partial charge in [-0.2, -0.15) is 0 Å². The van der Waals surface area contributed by atoms with Gasteiger partial charge < -0.3 is 0 Å². The number of carbonyl (C=O) groups excluding carboxylic acids is 1. The van der Waals surface area contributed by atoms with Crippen molar-refractivity contribution in [3.05, 3.63) is 59.2 Å². The van der Waals surface area contributed by atoms with Gasteiger partial charge >= 0.3 is 0 Å². The minimum atomic E-state index is -0.669. The van der Waals surface area contributed by atoms with E-state index in [-0.39, 0.29) is 11.1 Å². The summed E-state index contributed by atoms with van der Waals surface area (Å²) in [6, 6.07) is 8.61. The summed E-state index contributed by atoms with van der Waals surface area (Å²) in [5, 5.41) is 0. The van der Waals surface area contributed by atoms with Gasteiger partial charge in [0.05, 0.1) is 5.56 Å². The van der Waals surface area contributed by atoms with Crippen LogP contribution in [0.5, 0.6) is 0 Å². The van der Waals surface area contributed by atoms with Gasteiger partial charge in [-0.1, -0.05) is 24.3 Å². The topological polar surface area (TPSA) is 17.1 Å². The number of benzene rings is 2. The second-order valence-electron chi connectivity index (χ2n) is 3.65. The van der Waals surface area contributed by atoms with Crippen molar-refractivity contribution in [1.82, 2.24) is 0 Å². The molecule has 1 aliphatic carbocycles. The fourth-order valence-electron chi connectivity index (χ4n) is 2.07. The summed E-state index contributed by atoms with van der Waals surface area (Å²) in [6.45, 7) is 0. The van der Waals surface area contributed by atoms with Crippen molar-refractivity contribution in [2.45, 2.75) is 0 Å². The highest BCUT2D eigenvalue weighted by Crippen LogP contribution is 2.39. The Kier molecular flexibility index (Phi) is 1.72. The van der Waals surface area contributed by atoms with Gasteiger partial charge in [0.25, 0.3) is 0 Å². The smallest absolute Gasteiger partial charge is 0.197 e. The van der Waals surface area contributed by atoms with Crippen molar-refractivity contribution in [1.29, 1.82) is 0 Å². The van der Waals surface area contributed by atoms with Crippen LogP contribution >= 0.6 is 0 Å². The predicted octanol–water partition coefficient (Wildman–Crippen LogP) is 3.18. The van der Waals surface area contributed by atoms with Gasteiger partial charge in [-0.3, -0.25) is 4.79 Å². The third kappa shape index (κ3) is 0.999. The van der Waals surface area contributed by atoms with Gasteiger partial charge in [0.15, 0.2) is 5.78 Å². The van der Waals surface area contributed by atoms with Gasteiger partial charge in [0.2, 0.25) is 0 Å². The van der Waals surface area contributed by atoms with Crippen molar-refractivity contribution in [2.24, 2.45) is 0 Å². The van der Waals surface area contributed by atoms with Crippen molar-refractivity contribution < 1.29 is 13.6 Å². The van der Waals surface area contributed by atoms with E-state index in [2.05, 4.69) is 0 Å². The first kappa shape index (κ1) is 9.21. The lowest BCUT2D eigenvalue weighted by molar-refractivity contribution is 0.103. The van der Waals surface area contributed by atoms with Gasteiger partial charge in [-0.25, -0.2) is 8.78 Å². The lowest BCUT2D eigenvalue weighted by atomic mass is 10.1. The molecule has 0 radical (unpaired) electrons. The normalized spacial score (nSPS) is 12.5. The number of hydrogen-bond acceptors (Lipinski definition) is 1. The van der Waals surface area contributed by atoms with Gasteiger partial charge in [0, 0.05) is 11.1 Å². The maximum atomic E-state index is 13.6. The number of hydrogen-bond donors (Lipinski definition) is 0. The summed E-state index contributed by atoms with van der Waals surface area (Å²) in [4.78, 5) is 11.9. The van der Waals surface area contributed by atoms with Crippen LogP contribution in [0.4, 0.5) is 8.78 Å². The lowest BCUT2D eigenvalue weighted by Crippen LogP contribution is -1.99. The Morgan fingerprint density at radius 3 is 2.00 bits per heavy atom. The summed E-state index contributed by atoms with van der Waals surface area (Å²) in [7, 11) is 0. The molecule has 0 spiro atoms. The quantitative estimate of drug-likeness (QED) is 0.564. The van der Waals surface area contributed by atoms with Crippen molar-refractivity contribution in [2.75, 3.05) is 0 Å². The third-order valence-corrected chi connectivity index (χ3v) is 2.77. The van der Waals surface area contributed by atoms with E-state index in [9.17, 15) is 13.6 Å². The molecule has 2 aromatic rings. The Hall–Kier alpha value is -2.03. The molecule has 3 rings (SSSR count). The average molecular weight is 216 g/mol. The molecule has 0 bridgehead atoms. The van der Waals surface area contributed by atoms with E-state index in [1.165, 1.54) is 0 Å². The minimum Gasteiger partial charge on any atom is -0.288 e. The van der Waals surface area contributed by atoms with E-state index in [1.54, 1.807) is 24.3 Å². The first-order chi connectivity index (χ1) is 7.70. The number of rotatable bonds is 0. The number of halogens is 2. The molecular weight excluding hydrogens is 210 g/mol. The van der Waals surface area contributed by atoms with Crippen molar-refractivity contribution >= 4 is 5.78 Å². The zero-order valence-corrected chi connectivity index (χ0v) is 8.13. The molecule has 78 valence electrons. The first-order valence-electron chi connectivity index (χ1n) is 4.82. The molecule has 0 fully saturated rings. The van der Waals surface area contributed by atoms with Crippen LogP contribution in [0.2, 0.25) is 0 Å². The summed E-state index contributed by atoms with van der Waals surface area (Å²) < 4.78 is 27.1. The highest BCUT2D eigenvalue weighted by Gasteiger charge is 2.31. The molecule has 3 heteroatoms. The van der Waals surface area contributed by atoms with Crippen LogP contribution in [-0.4, -0.2) is 5.78 Å². The van der Waals surface area contributed by atoms with E-state index in [0.29, 0.717) is 11.1 Å². The molecule has 0 saturated carbocycles. The van der Waals surface area contributed by atoms with Gasteiger partial charge in [-0.15, -0.1) is 0 Å². The second-order valence-corrected chi connectivity index (χ2v) is 3.65. The minimum absolute atomic E-state index is 0.0839. The summed E-state index contributed by atoms with van der Waals surface area (Å²) >= 11 is 0. The Morgan fingerprint density at radius 1 is 0.750 bits per heavy atom. The number of carbonyl (C=O) groups is 1. The number of fused-ring (bicyclic) bond motifs is 3. The Labute approximate surface area is 90.3 Å². The molecule has 1 nitrogen and oxygen atoms in total. The van der Waals surface area contributed by atoms with Gasteiger partial charge in [0.1, 0.15) is 11.6 Å². The molecule has 1 aliphatic rings. The fraction of sp³-hybridized carbons (Fsp3) is 0. The zero-order valence-electron chi connectivity index (χ0n) is 8.13. The lowest BCUT2D eigenvalue weighted by Gasteiger charge is -2.01. The average Bonchev–Trinajstić information content (AvgIpc) is 2.60. The van der Waals surface area contributed by atoms with E-state index in [4.69, 9.17) is 0 Å². The Balaban J connectivity index is 2.47. The zero-order chi connectivity index (χ0) is 11.3. The molecule has 16 heavy (non-hydrogen) atoms. The number of ketones is 1. The highest BCUT2D eigenvalue weighted by molar-refractivity contribution is 6.21. The summed E-state index contributed by atoms with van der Waals surface area (Å²) in [5.74, 6) is -1.67. The van der Waals surface area contributed by atoms with E-state index in [0.717, 1.165) is 12.1 Å². The maximum Gasteiger partial charge on any atom is 0.197 e. The Morgan fingerprint density at radius 2 is 1.31 bits per heavy atom. The third-order valence-electron chi connectivity index (χ3n) is 2.77. The molecule has 0 aliphatic heterocycles. The summed E-state index contributed by atoms with van der Waals surface area (Å²) in [6.07, 6.45) is 0. The van der Waals surface area contributed by atoms with Crippen molar-refractivity contribution in [3.8, 4) is 11.1 Å². The molecule has 2 aromatic carbocycles. The molecule has 0 heterocycles. The van der Waals surface area contributed by atoms with Crippen LogP contribution < -0.4 is 0 Å². The van der Waals surface area contributed by atoms with E-state index in [1.807, 2.05) is 0 Å². The molecule has 0 saturated heterocycles. The van der Waals surface area contributed by atoms with Crippen LogP contribution in [0.1, 0.15) is 15.9 Å². The molecule has 0 atom stereocenters. The SMILES string of the molecule is O=C1c2ccccc2-c2c(F)ccc(F)c21. The second kappa shape index (κ2) is 2.98. The molecule has 0 N–H and O–H groups in total. The fourth-order valence-corrected chi connectivity index (χ4v) is 2.07. The maximum absolute atomic E-state index is 13.6. The van der Waals surface area contributed by atoms with Crippen LogP contribution in [0.3, 0.4) is 0 Å². The Bertz CT molecular complexity index is 617.